The van der Waals surface area contributed by atoms with Gasteiger partial charge >= 0.3 is 0 Å². The number of hydrogen-bond acceptors (Lipinski definition) is 3. The minimum Gasteiger partial charge on any atom is -0.377 e. The van der Waals surface area contributed by atoms with Gasteiger partial charge in [-0.1, -0.05) is 54.6 Å². The van der Waals surface area contributed by atoms with E-state index in [2.05, 4.69) is 66.5 Å². The van der Waals surface area contributed by atoms with Crippen LogP contribution in [-0.4, -0.2) is 25.5 Å². The number of allylic oxidation sites excluding steroid dienone is 2. The average molecular weight is 466 g/mol. The number of rotatable bonds is 7. The van der Waals surface area contributed by atoms with Crippen LogP contribution in [0.4, 0.5) is 17.1 Å². The Hall–Kier alpha value is -3.53. The Morgan fingerprint density at radius 3 is 2.29 bits per heavy atom. The van der Waals surface area contributed by atoms with E-state index in [1.165, 1.54) is 16.8 Å². The number of fused-ring (bicyclic) bond motifs is 3. The van der Waals surface area contributed by atoms with Gasteiger partial charge in [-0.2, -0.15) is 0 Å². The van der Waals surface area contributed by atoms with E-state index < -0.39 is 0 Å². The molecule has 1 N–H and O–H groups in total. The minimum absolute atomic E-state index is 0.0408. The molecule has 4 heteroatoms. The van der Waals surface area contributed by atoms with Gasteiger partial charge in [0.1, 0.15) is 0 Å². The lowest BCUT2D eigenvalue weighted by Crippen LogP contribution is -2.34. The second kappa shape index (κ2) is 9.99. The largest absolute Gasteiger partial charge is 0.377 e. The third-order valence-corrected chi connectivity index (χ3v) is 7.64. The molecular formula is C31H35N3O. The fourth-order valence-corrected chi connectivity index (χ4v) is 5.81. The lowest BCUT2D eigenvalue weighted by Gasteiger charge is -2.39. The molecule has 3 aromatic carbocycles. The molecule has 0 spiro atoms. The van der Waals surface area contributed by atoms with Gasteiger partial charge < -0.3 is 15.1 Å². The SMILES string of the molecule is CCN(CC)c1ccc(C2Nc3c(C(=O)N(CC)c4ccccc4)cccc3C3C=CCC32)cc1. The lowest BCUT2D eigenvalue weighted by molar-refractivity contribution is 0.0988. The molecule has 1 amide bonds. The molecular weight excluding hydrogens is 430 g/mol. The molecule has 1 aliphatic heterocycles. The van der Waals surface area contributed by atoms with Gasteiger partial charge in [-0.15, -0.1) is 0 Å². The molecule has 0 radical (unpaired) electrons. The highest BCUT2D eigenvalue weighted by Gasteiger charge is 2.39. The van der Waals surface area contributed by atoms with Gasteiger partial charge in [0.25, 0.3) is 5.91 Å². The van der Waals surface area contributed by atoms with Crippen LogP contribution in [0.25, 0.3) is 0 Å². The molecule has 2 aliphatic rings. The van der Waals surface area contributed by atoms with Crippen molar-refractivity contribution in [2.45, 2.75) is 39.2 Å². The van der Waals surface area contributed by atoms with Crippen molar-refractivity contribution < 1.29 is 4.79 Å². The van der Waals surface area contributed by atoms with Crippen LogP contribution in [0.1, 0.15) is 60.6 Å². The van der Waals surface area contributed by atoms with E-state index in [0.29, 0.717) is 18.4 Å². The lowest BCUT2D eigenvalue weighted by atomic mass is 9.76. The molecule has 0 aromatic heterocycles. The van der Waals surface area contributed by atoms with Crippen molar-refractivity contribution in [1.82, 2.24) is 0 Å². The molecule has 0 saturated heterocycles. The average Bonchev–Trinajstić information content (AvgIpc) is 3.40. The Balaban J connectivity index is 1.52. The van der Waals surface area contributed by atoms with Crippen molar-refractivity contribution in [3.63, 3.8) is 0 Å². The maximum absolute atomic E-state index is 13.8. The van der Waals surface area contributed by atoms with Crippen LogP contribution in [0.5, 0.6) is 0 Å². The van der Waals surface area contributed by atoms with E-state index >= 15 is 0 Å². The Labute approximate surface area is 209 Å². The first-order chi connectivity index (χ1) is 17.2. The van der Waals surface area contributed by atoms with Crippen molar-refractivity contribution in [2.75, 3.05) is 34.8 Å². The molecule has 0 saturated carbocycles. The summed E-state index contributed by atoms with van der Waals surface area (Å²) >= 11 is 0. The summed E-state index contributed by atoms with van der Waals surface area (Å²) in [6.07, 6.45) is 5.69. The van der Waals surface area contributed by atoms with Crippen molar-refractivity contribution in [2.24, 2.45) is 5.92 Å². The molecule has 3 aromatic rings. The number of hydrogen-bond donors (Lipinski definition) is 1. The summed E-state index contributed by atoms with van der Waals surface area (Å²) in [4.78, 5) is 18.1. The van der Waals surface area contributed by atoms with Crippen LogP contribution in [0.3, 0.4) is 0 Å². The summed E-state index contributed by atoms with van der Waals surface area (Å²) in [5.74, 6) is 0.806. The number of amides is 1. The molecule has 5 rings (SSSR count). The van der Waals surface area contributed by atoms with Gasteiger partial charge in [0.15, 0.2) is 0 Å². The first kappa shape index (κ1) is 23.2. The molecule has 4 nitrogen and oxygen atoms in total. The zero-order chi connectivity index (χ0) is 24.4. The van der Waals surface area contributed by atoms with Gasteiger partial charge in [-0.25, -0.2) is 0 Å². The molecule has 0 fully saturated rings. The topological polar surface area (TPSA) is 35.6 Å². The summed E-state index contributed by atoms with van der Waals surface area (Å²) in [7, 11) is 0. The first-order valence-electron chi connectivity index (χ1n) is 12.9. The summed E-state index contributed by atoms with van der Waals surface area (Å²) < 4.78 is 0. The van der Waals surface area contributed by atoms with Gasteiger partial charge in [-0.3, -0.25) is 4.79 Å². The Bertz CT molecular complexity index is 1200. The van der Waals surface area contributed by atoms with Crippen LogP contribution in [-0.2, 0) is 0 Å². The predicted molar refractivity (Wildman–Crippen MR) is 147 cm³/mol. The molecule has 180 valence electrons. The summed E-state index contributed by atoms with van der Waals surface area (Å²) in [5, 5.41) is 3.84. The number of carbonyl (C=O) groups is 1. The summed E-state index contributed by atoms with van der Waals surface area (Å²) in [6.45, 7) is 9.04. The number of para-hydroxylation sites is 2. The van der Waals surface area contributed by atoms with Crippen LogP contribution in [0.2, 0.25) is 0 Å². The third kappa shape index (κ3) is 4.22. The predicted octanol–water partition coefficient (Wildman–Crippen LogP) is 7.03. The summed E-state index contributed by atoms with van der Waals surface area (Å²) in [5.41, 5.74) is 6.43. The maximum Gasteiger partial charge on any atom is 0.260 e. The van der Waals surface area contributed by atoms with Gasteiger partial charge in [0.2, 0.25) is 0 Å². The molecule has 1 heterocycles. The van der Waals surface area contributed by atoms with Crippen LogP contribution < -0.4 is 15.1 Å². The van der Waals surface area contributed by atoms with E-state index in [0.717, 1.165) is 36.4 Å². The van der Waals surface area contributed by atoms with Crippen LogP contribution >= 0.6 is 0 Å². The minimum atomic E-state index is 0.0408. The Morgan fingerprint density at radius 2 is 1.60 bits per heavy atom. The van der Waals surface area contributed by atoms with Gasteiger partial charge in [-0.05, 0) is 74.6 Å². The fourth-order valence-electron chi connectivity index (χ4n) is 5.81. The number of anilines is 3. The second-order valence-corrected chi connectivity index (χ2v) is 9.39. The summed E-state index contributed by atoms with van der Waals surface area (Å²) in [6, 6.07) is 25.3. The highest BCUT2D eigenvalue weighted by atomic mass is 16.2. The Kier molecular flexibility index (Phi) is 6.63. The van der Waals surface area contributed by atoms with Gasteiger partial charge in [0.05, 0.1) is 17.3 Å². The number of nitrogens with one attached hydrogen (secondary N) is 1. The number of benzene rings is 3. The highest BCUT2D eigenvalue weighted by molar-refractivity contribution is 6.10. The van der Waals surface area contributed by atoms with E-state index in [9.17, 15) is 4.79 Å². The van der Waals surface area contributed by atoms with Crippen molar-refractivity contribution in [3.8, 4) is 0 Å². The van der Waals surface area contributed by atoms with Crippen LogP contribution in [0.15, 0.2) is 84.9 Å². The molecule has 35 heavy (non-hydrogen) atoms. The van der Waals surface area contributed by atoms with Crippen molar-refractivity contribution >= 4 is 23.0 Å². The molecule has 1 aliphatic carbocycles. The second-order valence-electron chi connectivity index (χ2n) is 9.39. The maximum atomic E-state index is 13.8. The number of carbonyl (C=O) groups excluding carboxylic acids is 1. The molecule has 3 atom stereocenters. The quantitative estimate of drug-likeness (QED) is 0.381. The van der Waals surface area contributed by atoms with E-state index in [1.807, 2.05) is 54.3 Å². The number of nitrogens with zero attached hydrogens (tertiary/aromatic N) is 2. The zero-order valence-corrected chi connectivity index (χ0v) is 20.9. The van der Waals surface area contributed by atoms with Gasteiger partial charge in [0, 0.05) is 36.9 Å². The van der Waals surface area contributed by atoms with Crippen molar-refractivity contribution in [1.29, 1.82) is 0 Å². The van der Waals surface area contributed by atoms with E-state index in [4.69, 9.17) is 0 Å². The third-order valence-electron chi connectivity index (χ3n) is 7.64. The van der Waals surface area contributed by atoms with Crippen LogP contribution in [0, 0.1) is 5.92 Å². The van der Waals surface area contributed by atoms with Crippen molar-refractivity contribution in [3.05, 3.63) is 102 Å². The zero-order valence-electron chi connectivity index (χ0n) is 20.9. The first-order valence-corrected chi connectivity index (χ1v) is 12.9. The van der Waals surface area contributed by atoms with E-state index in [-0.39, 0.29) is 11.9 Å². The Morgan fingerprint density at radius 1 is 0.857 bits per heavy atom. The highest BCUT2D eigenvalue weighted by Crippen LogP contribution is 2.51. The fraction of sp³-hybridized carbons (Fsp3) is 0.323. The molecule has 0 bridgehead atoms. The smallest absolute Gasteiger partial charge is 0.260 e. The monoisotopic (exact) mass is 465 g/mol. The normalized spacial score (nSPS) is 20.0. The standard InChI is InChI=1S/C31H35N3O/c1-4-33(5-2)23-20-18-22(19-21-23)29-26-15-10-14-25(26)27-16-11-17-28(30(27)32-29)31(35)34(6-3)24-12-8-7-9-13-24/h7-14,16-21,25-26,29,32H,4-6,15H2,1-3H3. The molecule has 3 unspecified atom stereocenters. The van der Waals surface area contributed by atoms with E-state index in [1.54, 1.807) is 0 Å².